The van der Waals surface area contributed by atoms with E-state index in [0.29, 0.717) is 11.6 Å². The Kier molecular flexibility index (Phi) is 5.56. The maximum Gasteiger partial charge on any atom is 0.0482 e. The summed E-state index contributed by atoms with van der Waals surface area (Å²) in [5.74, 6) is 0. The molecule has 0 heterocycles. The summed E-state index contributed by atoms with van der Waals surface area (Å²) >= 11 is 12.2. The fourth-order valence-electron chi connectivity index (χ4n) is 1.82. The average Bonchev–Trinajstić information content (AvgIpc) is 2.24. The topological polar surface area (TPSA) is 29.3 Å². The Morgan fingerprint density at radius 1 is 1.38 bits per heavy atom. The van der Waals surface area contributed by atoms with Crippen LogP contribution >= 0.6 is 23.2 Å². The molecule has 1 unspecified atom stereocenters. The lowest BCUT2D eigenvalue weighted by Crippen LogP contribution is -2.31. The van der Waals surface area contributed by atoms with E-state index in [9.17, 15) is 0 Å². The zero-order chi connectivity index (χ0) is 12.1. The molecule has 16 heavy (non-hydrogen) atoms. The molecule has 0 amide bonds. The Labute approximate surface area is 107 Å². The van der Waals surface area contributed by atoms with Crippen LogP contribution in [0.5, 0.6) is 0 Å². The van der Waals surface area contributed by atoms with Crippen molar-refractivity contribution in [3.63, 3.8) is 0 Å². The number of nitrogens with zero attached hydrogens (tertiary/aromatic N) is 1. The molecule has 4 heteroatoms. The van der Waals surface area contributed by atoms with E-state index >= 15 is 0 Å². The lowest BCUT2D eigenvalue weighted by molar-refractivity contribution is 0.251. The summed E-state index contributed by atoms with van der Waals surface area (Å²) in [5, 5.41) is 1.42. The van der Waals surface area contributed by atoms with Gasteiger partial charge in [-0.05, 0) is 43.8 Å². The van der Waals surface area contributed by atoms with Crippen LogP contribution < -0.4 is 5.73 Å². The second-order valence-electron chi connectivity index (χ2n) is 3.90. The molecule has 2 N–H and O–H groups in total. The van der Waals surface area contributed by atoms with Gasteiger partial charge in [0.1, 0.15) is 0 Å². The Bertz CT molecular complexity index is 342. The first-order valence-corrected chi connectivity index (χ1v) is 6.21. The summed E-state index contributed by atoms with van der Waals surface area (Å²) in [5.41, 5.74) is 6.82. The smallest absolute Gasteiger partial charge is 0.0482 e. The van der Waals surface area contributed by atoms with Crippen molar-refractivity contribution >= 4 is 23.2 Å². The van der Waals surface area contributed by atoms with Gasteiger partial charge in [0.05, 0.1) is 0 Å². The van der Waals surface area contributed by atoms with Crippen LogP contribution in [0.3, 0.4) is 0 Å². The van der Waals surface area contributed by atoms with E-state index in [4.69, 9.17) is 28.9 Å². The quantitative estimate of drug-likeness (QED) is 0.880. The third-order valence-corrected chi connectivity index (χ3v) is 3.23. The minimum absolute atomic E-state index is 0.131. The molecule has 0 bridgehead atoms. The van der Waals surface area contributed by atoms with Gasteiger partial charge in [-0.3, -0.25) is 4.90 Å². The van der Waals surface area contributed by atoms with Crippen LogP contribution in [-0.4, -0.2) is 25.0 Å². The van der Waals surface area contributed by atoms with Gasteiger partial charge in [0, 0.05) is 22.6 Å². The number of hydrogen-bond acceptors (Lipinski definition) is 2. The second-order valence-corrected chi connectivity index (χ2v) is 4.74. The lowest BCUT2D eigenvalue weighted by atomic mass is 10.1. The van der Waals surface area contributed by atoms with Gasteiger partial charge in [-0.25, -0.2) is 0 Å². The van der Waals surface area contributed by atoms with Crippen LogP contribution in [0.15, 0.2) is 18.2 Å². The number of halogens is 2. The summed E-state index contributed by atoms with van der Waals surface area (Å²) < 4.78 is 0. The summed E-state index contributed by atoms with van der Waals surface area (Å²) in [7, 11) is 2.05. The number of hydrogen-bond donors (Lipinski definition) is 1. The first kappa shape index (κ1) is 13.8. The first-order chi connectivity index (χ1) is 7.60. The maximum absolute atomic E-state index is 6.17. The molecule has 0 aliphatic carbocycles. The molecule has 0 saturated carbocycles. The zero-order valence-electron chi connectivity index (χ0n) is 9.71. The van der Waals surface area contributed by atoms with E-state index in [-0.39, 0.29) is 6.04 Å². The standard InChI is InChI=1S/C12H18Cl2N2/c1-3-6-16(2)12(8-15)10-7-9(13)4-5-11(10)14/h4-5,7,12H,3,6,8,15H2,1-2H3. The van der Waals surface area contributed by atoms with E-state index in [1.165, 1.54) is 0 Å². The number of nitrogens with two attached hydrogens (primary N) is 1. The summed E-state index contributed by atoms with van der Waals surface area (Å²) in [6.45, 7) is 3.67. The van der Waals surface area contributed by atoms with Crippen LogP contribution in [0, 0.1) is 0 Å². The van der Waals surface area contributed by atoms with E-state index in [1.807, 2.05) is 12.1 Å². The Morgan fingerprint density at radius 3 is 2.62 bits per heavy atom. The molecular formula is C12H18Cl2N2. The Morgan fingerprint density at radius 2 is 2.06 bits per heavy atom. The monoisotopic (exact) mass is 260 g/mol. The van der Waals surface area contributed by atoms with Gasteiger partial charge >= 0.3 is 0 Å². The van der Waals surface area contributed by atoms with Crippen molar-refractivity contribution in [1.29, 1.82) is 0 Å². The highest BCUT2D eigenvalue weighted by Crippen LogP contribution is 2.28. The molecule has 0 spiro atoms. The molecule has 0 saturated heterocycles. The van der Waals surface area contributed by atoms with E-state index < -0.39 is 0 Å². The molecule has 0 radical (unpaired) electrons. The number of likely N-dealkylation sites (N-methyl/N-ethyl adjacent to an activating group) is 1. The van der Waals surface area contributed by atoms with Crippen LogP contribution in [0.2, 0.25) is 10.0 Å². The third-order valence-electron chi connectivity index (χ3n) is 2.65. The second kappa shape index (κ2) is 6.45. The molecule has 1 atom stereocenters. The van der Waals surface area contributed by atoms with Gasteiger partial charge in [-0.2, -0.15) is 0 Å². The molecule has 0 aliphatic heterocycles. The van der Waals surface area contributed by atoms with Crippen molar-refractivity contribution in [2.24, 2.45) is 5.73 Å². The largest absolute Gasteiger partial charge is 0.329 e. The zero-order valence-corrected chi connectivity index (χ0v) is 11.2. The van der Waals surface area contributed by atoms with Crippen molar-refractivity contribution in [2.45, 2.75) is 19.4 Å². The van der Waals surface area contributed by atoms with Crippen LogP contribution in [0.4, 0.5) is 0 Å². The number of rotatable bonds is 5. The van der Waals surface area contributed by atoms with Crippen molar-refractivity contribution in [2.75, 3.05) is 20.1 Å². The average molecular weight is 261 g/mol. The van der Waals surface area contributed by atoms with Gasteiger partial charge in [0.2, 0.25) is 0 Å². The normalized spacial score (nSPS) is 13.1. The molecule has 90 valence electrons. The molecule has 2 nitrogen and oxygen atoms in total. The highest BCUT2D eigenvalue weighted by Gasteiger charge is 2.17. The predicted molar refractivity (Wildman–Crippen MR) is 71.2 cm³/mol. The SMILES string of the molecule is CCCN(C)C(CN)c1cc(Cl)ccc1Cl. The van der Waals surface area contributed by atoms with Gasteiger partial charge < -0.3 is 5.73 Å². The number of benzene rings is 1. The van der Waals surface area contributed by atoms with E-state index in [2.05, 4.69) is 18.9 Å². The molecule has 1 aromatic rings. The Balaban J connectivity index is 2.98. The Hall–Kier alpha value is -0.280. The maximum atomic E-state index is 6.17. The van der Waals surface area contributed by atoms with Crippen molar-refractivity contribution in [1.82, 2.24) is 4.90 Å². The summed E-state index contributed by atoms with van der Waals surface area (Å²) in [6, 6.07) is 5.64. The van der Waals surface area contributed by atoms with E-state index in [1.54, 1.807) is 6.07 Å². The summed E-state index contributed by atoms with van der Waals surface area (Å²) in [4.78, 5) is 2.21. The van der Waals surface area contributed by atoms with Crippen LogP contribution in [0.25, 0.3) is 0 Å². The predicted octanol–water partition coefficient (Wildman–Crippen LogP) is 3.34. The van der Waals surface area contributed by atoms with Crippen LogP contribution in [-0.2, 0) is 0 Å². The lowest BCUT2D eigenvalue weighted by Gasteiger charge is -2.27. The highest BCUT2D eigenvalue weighted by atomic mass is 35.5. The van der Waals surface area contributed by atoms with E-state index in [0.717, 1.165) is 23.6 Å². The van der Waals surface area contributed by atoms with Crippen molar-refractivity contribution in [3.8, 4) is 0 Å². The molecular weight excluding hydrogens is 243 g/mol. The third kappa shape index (κ3) is 3.36. The first-order valence-electron chi connectivity index (χ1n) is 5.45. The van der Waals surface area contributed by atoms with Gasteiger partial charge in [-0.1, -0.05) is 30.1 Å². The highest BCUT2D eigenvalue weighted by molar-refractivity contribution is 6.33. The van der Waals surface area contributed by atoms with Gasteiger partial charge in [0.25, 0.3) is 0 Å². The molecule has 0 fully saturated rings. The van der Waals surface area contributed by atoms with Gasteiger partial charge in [-0.15, -0.1) is 0 Å². The molecule has 0 aromatic heterocycles. The van der Waals surface area contributed by atoms with Crippen molar-refractivity contribution in [3.05, 3.63) is 33.8 Å². The fraction of sp³-hybridized carbons (Fsp3) is 0.500. The molecule has 1 rings (SSSR count). The minimum Gasteiger partial charge on any atom is -0.329 e. The van der Waals surface area contributed by atoms with Crippen molar-refractivity contribution < 1.29 is 0 Å². The fourth-order valence-corrected chi connectivity index (χ4v) is 2.25. The molecule has 0 aliphatic rings. The summed E-state index contributed by atoms with van der Waals surface area (Å²) in [6.07, 6.45) is 1.09. The van der Waals surface area contributed by atoms with Crippen LogP contribution in [0.1, 0.15) is 24.9 Å². The molecule has 1 aromatic carbocycles. The minimum atomic E-state index is 0.131. The van der Waals surface area contributed by atoms with Gasteiger partial charge in [0.15, 0.2) is 0 Å².